The second kappa shape index (κ2) is 8.72. The lowest BCUT2D eigenvalue weighted by Crippen LogP contribution is -2.29. The summed E-state index contributed by atoms with van der Waals surface area (Å²) < 4.78 is 0. The molecule has 126 valence electrons. The van der Waals surface area contributed by atoms with Crippen molar-refractivity contribution < 1.29 is 5.11 Å². The van der Waals surface area contributed by atoms with Crippen molar-refractivity contribution in [2.75, 3.05) is 0 Å². The van der Waals surface area contributed by atoms with E-state index in [1.807, 2.05) is 0 Å². The van der Waals surface area contributed by atoms with E-state index >= 15 is 0 Å². The predicted octanol–water partition coefficient (Wildman–Crippen LogP) is 5.93. The molecule has 0 fully saturated rings. The Balaban J connectivity index is 2.70. The maximum Gasteiger partial charge on any atom is 0.0650 e. The summed E-state index contributed by atoms with van der Waals surface area (Å²) in [5.74, 6) is 0. The maximum absolute atomic E-state index is 10.8. The first kappa shape index (κ1) is 19.2. The summed E-state index contributed by atoms with van der Waals surface area (Å²) in [6.45, 7) is 11.3. The molecule has 0 aliphatic heterocycles. The summed E-state index contributed by atoms with van der Waals surface area (Å²) in [5.41, 5.74) is 2.69. The highest BCUT2D eigenvalue weighted by molar-refractivity contribution is 5.24. The van der Waals surface area contributed by atoms with Crippen molar-refractivity contribution in [2.24, 2.45) is 5.41 Å². The summed E-state index contributed by atoms with van der Waals surface area (Å²) in [7, 11) is 0. The summed E-state index contributed by atoms with van der Waals surface area (Å²) in [5, 5.41) is 10.8. The Labute approximate surface area is 138 Å². The molecule has 0 saturated heterocycles. The van der Waals surface area contributed by atoms with Gasteiger partial charge in [-0.2, -0.15) is 0 Å². The van der Waals surface area contributed by atoms with Crippen molar-refractivity contribution in [3.63, 3.8) is 0 Å². The van der Waals surface area contributed by atoms with E-state index in [0.717, 1.165) is 44.9 Å². The van der Waals surface area contributed by atoms with Crippen LogP contribution < -0.4 is 0 Å². The minimum absolute atomic E-state index is 0.365. The van der Waals surface area contributed by atoms with Crippen molar-refractivity contribution in [3.8, 4) is 0 Å². The molecule has 1 N–H and O–H groups in total. The maximum atomic E-state index is 10.8. The van der Waals surface area contributed by atoms with Gasteiger partial charge in [-0.3, -0.25) is 0 Å². The third-order valence-electron chi connectivity index (χ3n) is 4.94. The predicted molar refractivity (Wildman–Crippen MR) is 97.3 cm³/mol. The molecule has 1 rings (SSSR count). The highest BCUT2D eigenvalue weighted by Crippen LogP contribution is 2.28. The molecule has 1 aromatic rings. The highest BCUT2D eigenvalue weighted by atomic mass is 16.3. The van der Waals surface area contributed by atoms with Gasteiger partial charge in [-0.1, -0.05) is 78.1 Å². The van der Waals surface area contributed by atoms with E-state index in [9.17, 15) is 5.11 Å². The Morgan fingerprint density at radius 2 is 1.50 bits per heavy atom. The van der Waals surface area contributed by atoms with Crippen LogP contribution in [0.1, 0.15) is 84.3 Å². The minimum Gasteiger partial charge on any atom is -0.390 e. The molecule has 0 atom stereocenters. The Morgan fingerprint density at radius 3 is 2.05 bits per heavy atom. The first-order valence-corrected chi connectivity index (χ1v) is 9.14. The zero-order chi connectivity index (χ0) is 16.6. The van der Waals surface area contributed by atoms with E-state index in [-0.39, 0.29) is 0 Å². The largest absolute Gasteiger partial charge is 0.390 e. The molecule has 0 heterocycles. The normalized spacial score (nSPS) is 12.6. The summed E-state index contributed by atoms with van der Waals surface area (Å²) in [6, 6.07) is 8.97. The number of hydrogen-bond acceptors (Lipinski definition) is 1. The van der Waals surface area contributed by atoms with Crippen LogP contribution in [0, 0.1) is 5.41 Å². The second-order valence-electron chi connectivity index (χ2n) is 7.74. The summed E-state index contributed by atoms with van der Waals surface area (Å²) in [4.78, 5) is 0. The standard InChI is InChI=1S/C21H36O/c1-6-13-21(22,14-7-2)15-12-18-10-9-11-19(16-18)17-20(4,5)8-3/h9-11,16,22H,6-8,12-15,17H2,1-5H3. The highest BCUT2D eigenvalue weighted by Gasteiger charge is 2.24. The minimum atomic E-state index is -0.470. The summed E-state index contributed by atoms with van der Waals surface area (Å²) >= 11 is 0. The zero-order valence-corrected chi connectivity index (χ0v) is 15.4. The van der Waals surface area contributed by atoms with Crippen LogP contribution in [-0.4, -0.2) is 10.7 Å². The van der Waals surface area contributed by atoms with E-state index < -0.39 is 5.60 Å². The first-order valence-electron chi connectivity index (χ1n) is 9.14. The molecule has 0 aliphatic carbocycles. The lowest BCUT2D eigenvalue weighted by Gasteiger charge is -2.28. The molecule has 0 saturated carbocycles. The van der Waals surface area contributed by atoms with Crippen LogP contribution in [-0.2, 0) is 12.8 Å². The van der Waals surface area contributed by atoms with Gasteiger partial charge in [0.05, 0.1) is 5.60 Å². The van der Waals surface area contributed by atoms with Gasteiger partial charge in [0.25, 0.3) is 0 Å². The number of benzene rings is 1. The molecular formula is C21H36O. The Hall–Kier alpha value is -0.820. The molecule has 22 heavy (non-hydrogen) atoms. The van der Waals surface area contributed by atoms with Gasteiger partial charge in [0.15, 0.2) is 0 Å². The van der Waals surface area contributed by atoms with E-state index in [1.165, 1.54) is 17.5 Å². The van der Waals surface area contributed by atoms with Gasteiger partial charge in [-0.25, -0.2) is 0 Å². The lowest BCUT2D eigenvalue weighted by molar-refractivity contribution is 0.0132. The molecule has 1 heteroatoms. The fourth-order valence-corrected chi connectivity index (χ4v) is 3.26. The SMILES string of the molecule is CCCC(O)(CCC)CCc1cccc(CC(C)(C)CC)c1. The van der Waals surface area contributed by atoms with Gasteiger partial charge in [0.1, 0.15) is 0 Å². The van der Waals surface area contributed by atoms with Crippen molar-refractivity contribution in [2.45, 2.75) is 91.6 Å². The van der Waals surface area contributed by atoms with Gasteiger partial charge < -0.3 is 5.11 Å². The van der Waals surface area contributed by atoms with Gasteiger partial charge in [0.2, 0.25) is 0 Å². The number of rotatable bonds is 10. The number of hydrogen-bond donors (Lipinski definition) is 1. The van der Waals surface area contributed by atoms with E-state index in [0.29, 0.717) is 5.41 Å². The van der Waals surface area contributed by atoms with Crippen LogP contribution in [0.4, 0.5) is 0 Å². The van der Waals surface area contributed by atoms with Crippen molar-refractivity contribution >= 4 is 0 Å². The number of aryl methyl sites for hydroxylation is 1. The molecular weight excluding hydrogens is 268 g/mol. The first-order chi connectivity index (χ1) is 10.3. The van der Waals surface area contributed by atoms with Crippen molar-refractivity contribution in [1.82, 2.24) is 0 Å². The third-order valence-corrected chi connectivity index (χ3v) is 4.94. The molecule has 0 unspecified atom stereocenters. The third kappa shape index (κ3) is 6.52. The molecule has 0 radical (unpaired) electrons. The van der Waals surface area contributed by atoms with Crippen molar-refractivity contribution in [1.29, 1.82) is 0 Å². The fourth-order valence-electron chi connectivity index (χ4n) is 3.26. The quantitative estimate of drug-likeness (QED) is 0.568. The molecule has 0 bridgehead atoms. The monoisotopic (exact) mass is 304 g/mol. The topological polar surface area (TPSA) is 20.2 Å². The van der Waals surface area contributed by atoms with Crippen LogP contribution >= 0.6 is 0 Å². The van der Waals surface area contributed by atoms with Gasteiger partial charge in [-0.15, -0.1) is 0 Å². The molecule has 0 aliphatic rings. The fraction of sp³-hybridized carbons (Fsp3) is 0.714. The lowest BCUT2D eigenvalue weighted by atomic mass is 9.82. The molecule has 0 aromatic heterocycles. The van der Waals surface area contributed by atoms with E-state index in [4.69, 9.17) is 0 Å². The Morgan fingerprint density at radius 1 is 0.909 bits per heavy atom. The summed E-state index contributed by atoms with van der Waals surface area (Å²) in [6.07, 6.45) is 8.15. The average molecular weight is 305 g/mol. The second-order valence-corrected chi connectivity index (χ2v) is 7.74. The zero-order valence-electron chi connectivity index (χ0n) is 15.4. The Kier molecular flexibility index (Phi) is 7.62. The molecule has 0 amide bonds. The molecule has 0 spiro atoms. The average Bonchev–Trinajstić information content (AvgIpc) is 2.46. The molecule has 1 aromatic carbocycles. The number of aliphatic hydroxyl groups is 1. The van der Waals surface area contributed by atoms with E-state index in [2.05, 4.69) is 58.9 Å². The van der Waals surface area contributed by atoms with Crippen LogP contribution in [0.3, 0.4) is 0 Å². The molecule has 1 nitrogen and oxygen atoms in total. The smallest absolute Gasteiger partial charge is 0.0650 e. The van der Waals surface area contributed by atoms with Gasteiger partial charge in [0, 0.05) is 0 Å². The van der Waals surface area contributed by atoms with Crippen LogP contribution in [0.5, 0.6) is 0 Å². The van der Waals surface area contributed by atoms with E-state index in [1.54, 1.807) is 0 Å². The Bertz CT molecular complexity index is 427. The van der Waals surface area contributed by atoms with Gasteiger partial charge >= 0.3 is 0 Å². The van der Waals surface area contributed by atoms with Crippen molar-refractivity contribution in [3.05, 3.63) is 35.4 Å². The van der Waals surface area contributed by atoms with Crippen LogP contribution in [0.25, 0.3) is 0 Å². The van der Waals surface area contributed by atoms with Crippen LogP contribution in [0.15, 0.2) is 24.3 Å². The van der Waals surface area contributed by atoms with Crippen LogP contribution in [0.2, 0.25) is 0 Å². The van der Waals surface area contributed by atoms with Gasteiger partial charge in [-0.05, 0) is 48.6 Å².